The van der Waals surface area contributed by atoms with Crippen LogP contribution in [0.1, 0.15) is 38.7 Å². The van der Waals surface area contributed by atoms with Crippen LogP contribution in [0.5, 0.6) is 0 Å². The van der Waals surface area contributed by atoms with E-state index in [1.165, 1.54) is 0 Å². The maximum absolute atomic E-state index is 10.4. The average molecular weight is 261 g/mol. The van der Waals surface area contributed by atoms with Gasteiger partial charge in [0.25, 0.3) is 0 Å². The van der Waals surface area contributed by atoms with E-state index < -0.39 is 5.60 Å². The van der Waals surface area contributed by atoms with Gasteiger partial charge in [0.1, 0.15) is 0 Å². The molecule has 16 heavy (non-hydrogen) atoms. The molecule has 1 aromatic carbocycles. The van der Waals surface area contributed by atoms with Gasteiger partial charge in [-0.2, -0.15) is 0 Å². The lowest BCUT2D eigenvalue weighted by Crippen LogP contribution is -2.30. The Balaban J connectivity index is 2.81. The monoisotopic (exact) mass is 260 g/mol. The van der Waals surface area contributed by atoms with Crippen molar-refractivity contribution in [2.45, 2.75) is 45.1 Å². The maximum Gasteiger partial charge on any atom is 0.0685 e. The van der Waals surface area contributed by atoms with Crippen LogP contribution in [0.4, 0.5) is 0 Å². The van der Waals surface area contributed by atoms with Crippen LogP contribution in [0.2, 0.25) is 10.0 Å². The summed E-state index contributed by atoms with van der Waals surface area (Å²) in [5.41, 5.74) is 0.415. The molecule has 0 aliphatic carbocycles. The second-order valence-electron chi connectivity index (χ2n) is 4.25. The molecule has 1 atom stereocenters. The summed E-state index contributed by atoms with van der Waals surface area (Å²) >= 11 is 11.8. The van der Waals surface area contributed by atoms with E-state index in [1.54, 1.807) is 6.07 Å². The Morgan fingerprint density at radius 2 is 1.88 bits per heavy atom. The summed E-state index contributed by atoms with van der Waals surface area (Å²) in [6.07, 6.45) is 3.17. The third-order valence-electron chi connectivity index (χ3n) is 2.89. The highest BCUT2D eigenvalue weighted by molar-refractivity contribution is 6.42. The molecule has 0 heterocycles. The molecular formula is C13H18Cl2O. The van der Waals surface area contributed by atoms with Gasteiger partial charge in [0.2, 0.25) is 0 Å². The molecule has 0 bridgehead atoms. The first-order valence-corrected chi connectivity index (χ1v) is 6.42. The molecule has 1 nitrogen and oxygen atoms in total. The van der Waals surface area contributed by atoms with Crippen molar-refractivity contribution in [1.29, 1.82) is 0 Å². The molecule has 1 N–H and O–H groups in total. The number of halogens is 2. The highest BCUT2D eigenvalue weighted by Gasteiger charge is 2.23. The standard InChI is InChI=1S/C13H18Cl2O/c1-3-7-13(16,4-2)9-10-5-6-11(14)12(15)8-10/h5-6,8,16H,3-4,7,9H2,1-2H3. The van der Waals surface area contributed by atoms with Gasteiger partial charge in [-0.3, -0.25) is 0 Å². The Labute approximate surface area is 107 Å². The molecule has 0 radical (unpaired) electrons. The van der Waals surface area contributed by atoms with Crippen molar-refractivity contribution in [1.82, 2.24) is 0 Å². The Morgan fingerprint density at radius 3 is 2.38 bits per heavy atom. The third kappa shape index (κ3) is 3.65. The fourth-order valence-electron chi connectivity index (χ4n) is 1.89. The summed E-state index contributed by atoms with van der Waals surface area (Å²) in [4.78, 5) is 0. The van der Waals surface area contributed by atoms with Gasteiger partial charge in [0.05, 0.1) is 15.6 Å². The van der Waals surface area contributed by atoms with Crippen LogP contribution in [-0.4, -0.2) is 10.7 Å². The minimum Gasteiger partial charge on any atom is -0.390 e. The summed E-state index contributed by atoms with van der Waals surface area (Å²) in [7, 11) is 0. The van der Waals surface area contributed by atoms with Crippen molar-refractivity contribution in [2.24, 2.45) is 0 Å². The van der Waals surface area contributed by atoms with Crippen LogP contribution in [0.3, 0.4) is 0 Å². The molecule has 90 valence electrons. The smallest absolute Gasteiger partial charge is 0.0685 e. The van der Waals surface area contributed by atoms with Gasteiger partial charge in [-0.05, 0) is 30.5 Å². The maximum atomic E-state index is 10.4. The van der Waals surface area contributed by atoms with Gasteiger partial charge in [0, 0.05) is 6.42 Å². The first kappa shape index (κ1) is 13.8. The van der Waals surface area contributed by atoms with Crippen molar-refractivity contribution in [3.63, 3.8) is 0 Å². The summed E-state index contributed by atoms with van der Waals surface area (Å²) < 4.78 is 0. The Bertz CT molecular complexity index is 352. The predicted octanol–water partition coefficient (Wildman–Crippen LogP) is 4.48. The largest absolute Gasteiger partial charge is 0.390 e. The third-order valence-corrected chi connectivity index (χ3v) is 3.63. The zero-order chi connectivity index (χ0) is 12.2. The Kier molecular flexibility index (Phi) is 5.10. The topological polar surface area (TPSA) is 20.2 Å². The second kappa shape index (κ2) is 5.90. The molecule has 0 fully saturated rings. The molecule has 3 heteroatoms. The van der Waals surface area contributed by atoms with Crippen LogP contribution >= 0.6 is 23.2 Å². The van der Waals surface area contributed by atoms with E-state index in [9.17, 15) is 5.11 Å². The fourth-order valence-corrected chi connectivity index (χ4v) is 2.21. The first-order valence-electron chi connectivity index (χ1n) is 5.67. The zero-order valence-corrected chi connectivity index (χ0v) is 11.3. The van der Waals surface area contributed by atoms with Crippen LogP contribution in [0, 0.1) is 0 Å². The number of aliphatic hydroxyl groups is 1. The second-order valence-corrected chi connectivity index (χ2v) is 5.07. The molecule has 0 saturated carbocycles. The van der Waals surface area contributed by atoms with Gasteiger partial charge in [-0.1, -0.05) is 49.5 Å². The zero-order valence-electron chi connectivity index (χ0n) is 9.76. The number of rotatable bonds is 5. The van der Waals surface area contributed by atoms with E-state index in [1.807, 2.05) is 19.1 Å². The SMILES string of the molecule is CCCC(O)(CC)Cc1ccc(Cl)c(Cl)c1. The van der Waals surface area contributed by atoms with Crippen molar-refractivity contribution in [3.8, 4) is 0 Å². The lowest BCUT2D eigenvalue weighted by molar-refractivity contribution is 0.0271. The molecular weight excluding hydrogens is 243 g/mol. The predicted molar refractivity (Wildman–Crippen MR) is 70.3 cm³/mol. The minimum absolute atomic E-state index is 0.550. The van der Waals surface area contributed by atoms with Crippen molar-refractivity contribution in [3.05, 3.63) is 33.8 Å². The Morgan fingerprint density at radius 1 is 1.19 bits per heavy atom. The van der Waals surface area contributed by atoms with Crippen LogP contribution in [-0.2, 0) is 6.42 Å². The molecule has 0 aromatic heterocycles. The van der Waals surface area contributed by atoms with Crippen LogP contribution in [0.15, 0.2) is 18.2 Å². The lowest BCUT2D eigenvalue weighted by atomic mass is 9.88. The highest BCUT2D eigenvalue weighted by Crippen LogP contribution is 2.27. The van der Waals surface area contributed by atoms with Gasteiger partial charge in [-0.25, -0.2) is 0 Å². The number of benzene rings is 1. The highest BCUT2D eigenvalue weighted by atomic mass is 35.5. The normalized spacial score (nSPS) is 14.8. The van der Waals surface area contributed by atoms with E-state index in [0.29, 0.717) is 16.5 Å². The molecule has 0 aliphatic rings. The van der Waals surface area contributed by atoms with Gasteiger partial charge < -0.3 is 5.11 Å². The quantitative estimate of drug-likeness (QED) is 0.828. The summed E-state index contributed by atoms with van der Waals surface area (Å²) in [6.45, 7) is 4.09. The molecule has 1 unspecified atom stereocenters. The number of hydrogen-bond donors (Lipinski definition) is 1. The summed E-state index contributed by atoms with van der Waals surface area (Å²) in [5, 5.41) is 11.5. The minimum atomic E-state index is -0.619. The molecule has 1 aromatic rings. The van der Waals surface area contributed by atoms with E-state index in [4.69, 9.17) is 23.2 Å². The average Bonchev–Trinajstić information content (AvgIpc) is 2.24. The van der Waals surface area contributed by atoms with Crippen LogP contribution < -0.4 is 0 Å². The van der Waals surface area contributed by atoms with Gasteiger partial charge in [0.15, 0.2) is 0 Å². The summed E-state index contributed by atoms with van der Waals surface area (Å²) in [6, 6.07) is 5.53. The molecule has 0 spiro atoms. The first-order chi connectivity index (χ1) is 7.50. The van der Waals surface area contributed by atoms with E-state index in [-0.39, 0.29) is 0 Å². The Hall–Kier alpha value is -0.240. The lowest BCUT2D eigenvalue weighted by Gasteiger charge is -2.26. The van der Waals surface area contributed by atoms with Crippen molar-refractivity contribution >= 4 is 23.2 Å². The summed E-state index contributed by atoms with van der Waals surface area (Å²) in [5.74, 6) is 0. The van der Waals surface area contributed by atoms with E-state index in [0.717, 1.165) is 24.8 Å². The van der Waals surface area contributed by atoms with Crippen molar-refractivity contribution < 1.29 is 5.11 Å². The molecule has 0 saturated heterocycles. The van der Waals surface area contributed by atoms with Crippen molar-refractivity contribution in [2.75, 3.05) is 0 Å². The number of hydrogen-bond acceptors (Lipinski definition) is 1. The molecule has 0 amide bonds. The van der Waals surface area contributed by atoms with Gasteiger partial charge in [-0.15, -0.1) is 0 Å². The van der Waals surface area contributed by atoms with Gasteiger partial charge >= 0.3 is 0 Å². The fraction of sp³-hybridized carbons (Fsp3) is 0.538. The molecule has 1 rings (SSSR count). The van der Waals surface area contributed by atoms with E-state index >= 15 is 0 Å². The van der Waals surface area contributed by atoms with Crippen LogP contribution in [0.25, 0.3) is 0 Å². The van der Waals surface area contributed by atoms with E-state index in [2.05, 4.69) is 6.92 Å². The molecule has 0 aliphatic heterocycles.